The number of nitrogens with one attached hydrogen (secondary N) is 3. The number of carbonyl (C=O) groups excluding carboxylic acids is 3. The summed E-state index contributed by atoms with van der Waals surface area (Å²) in [7, 11) is 0. The second-order valence-corrected chi connectivity index (χ2v) is 8.43. The highest BCUT2D eigenvalue weighted by molar-refractivity contribution is 7.17. The number of amides is 3. The van der Waals surface area contributed by atoms with E-state index >= 15 is 0 Å². The van der Waals surface area contributed by atoms with E-state index in [0.717, 1.165) is 42.5 Å². The maximum absolute atomic E-state index is 12.8. The van der Waals surface area contributed by atoms with Gasteiger partial charge in [0, 0.05) is 16.8 Å². The monoisotopic (exact) mass is 439 g/mol. The third-order valence-corrected chi connectivity index (χ3v) is 6.17. The number of hydrogen-bond acceptors (Lipinski definition) is 4. The third-order valence-electron chi connectivity index (χ3n) is 4.40. The van der Waals surface area contributed by atoms with Crippen LogP contribution in [-0.4, -0.2) is 17.7 Å². The van der Waals surface area contributed by atoms with E-state index in [2.05, 4.69) is 16.2 Å². The van der Waals surface area contributed by atoms with Crippen molar-refractivity contribution in [3.8, 4) is 0 Å². The Morgan fingerprint density at radius 2 is 1.75 bits per heavy atom. The minimum absolute atomic E-state index is 0.228. The molecule has 1 aromatic carbocycles. The summed E-state index contributed by atoms with van der Waals surface area (Å²) in [6.07, 6.45) is 4.70. The molecule has 3 rings (SSSR count). The fraction of sp³-hybridized carbons (Fsp3) is 0.316. The molecule has 9 heteroatoms. The van der Waals surface area contributed by atoms with E-state index < -0.39 is 11.8 Å². The van der Waals surface area contributed by atoms with Gasteiger partial charge < -0.3 is 5.32 Å². The molecular weight excluding hydrogens is 421 g/mol. The van der Waals surface area contributed by atoms with Gasteiger partial charge in [-0.3, -0.25) is 25.2 Å². The molecule has 0 saturated carbocycles. The molecule has 0 bridgehead atoms. The molecule has 3 amide bonds. The Balaban J connectivity index is 1.95. The predicted octanol–water partition coefficient (Wildman–Crippen LogP) is 4.36. The van der Waals surface area contributed by atoms with E-state index in [1.165, 1.54) is 24.3 Å². The first kappa shape index (κ1) is 20.6. The zero-order chi connectivity index (χ0) is 20.3. The second-order valence-electron chi connectivity index (χ2n) is 6.48. The van der Waals surface area contributed by atoms with Crippen LogP contribution in [-0.2, 0) is 17.6 Å². The number of benzene rings is 1. The van der Waals surface area contributed by atoms with Crippen molar-refractivity contribution in [1.82, 2.24) is 10.9 Å². The maximum Gasteiger partial charge on any atom is 0.272 e. The van der Waals surface area contributed by atoms with Crippen molar-refractivity contribution < 1.29 is 14.4 Å². The number of fused-ring (bicyclic) bond motifs is 1. The van der Waals surface area contributed by atoms with Crippen LogP contribution >= 0.6 is 34.5 Å². The first-order valence-corrected chi connectivity index (χ1v) is 10.4. The van der Waals surface area contributed by atoms with Gasteiger partial charge in [0.2, 0.25) is 5.91 Å². The maximum atomic E-state index is 12.8. The predicted molar refractivity (Wildman–Crippen MR) is 111 cm³/mol. The quantitative estimate of drug-likeness (QED) is 0.490. The molecule has 0 atom stereocenters. The Bertz CT molecular complexity index is 943. The van der Waals surface area contributed by atoms with E-state index in [4.69, 9.17) is 23.2 Å². The van der Waals surface area contributed by atoms with Crippen LogP contribution in [0.15, 0.2) is 18.2 Å². The third kappa shape index (κ3) is 4.66. The Hall–Kier alpha value is -2.09. The second kappa shape index (κ2) is 8.94. The van der Waals surface area contributed by atoms with Crippen LogP contribution in [0.3, 0.4) is 0 Å². The molecule has 28 heavy (non-hydrogen) atoms. The smallest absolute Gasteiger partial charge is 0.272 e. The number of aryl methyl sites for hydroxylation is 1. The standard InChI is InChI=1S/C19H19Cl2N3O3S/c1-10(25)23-24-18(27)16-12-5-3-2-4-6-15(12)28-19(16)22-17(26)13-9-11(20)7-8-14(13)21/h7-9H,2-6H2,1H3,(H,22,26)(H,23,25)(H,24,27). The van der Waals surface area contributed by atoms with Crippen LogP contribution in [0.25, 0.3) is 0 Å². The van der Waals surface area contributed by atoms with Crippen LogP contribution in [0.1, 0.15) is 57.3 Å². The van der Waals surface area contributed by atoms with Crippen LogP contribution in [0.2, 0.25) is 10.0 Å². The zero-order valence-corrected chi connectivity index (χ0v) is 17.5. The van der Waals surface area contributed by atoms with Crippen molar-refractivity contribution in [3.63, 3.8) is 0 Å². The summed E-state index contributed by atoms with van der Waals surface area (Å²) < 4.78 is 0. The van der Waals surface area contributed by atoms with E-state index in [1.807, 2.05) is 0 Å². The number of anilines is 1. The summed E-state index contributed by atoms with van der Waals surface area (Å²) >= 11 is 13.5. The highest BCUT2D eigenvalue weighted by atomic mass is 35.5. The van der Waals surface area contributed by atoms with Gasteiger partial charge in [0.05, 0.1) is 16.1 Å². The van der Waals surface area contributed by atoms with Gasteiger partial charge in [-0.25, -0.2) is 0 Å². The van der Waals surface area contributed by atoms with Gasteiger partial charge in [-0.2, -0.15) is 0 Å². The number of rotatable bonds is 3. The lowest BCUT2D eigenvalue weighted by atomic mass is 10.0. The lowest BCUT2D eigenvalue weighted by Crippen LogP contribution is -2.40. The summed E-state index contributed by atoms with van der Waals surface area (Å²) in [6.45, 7) is 1.30. The Morgan fingerprint density at radius 3 is 2.50 bits per heavy atom. The van der Waals surface area contributed by atoms with Crippen LogP contribution in [0.4, 0.5) is 5.00 Å². The van der Waals surface area contributed by atoms with E-state index in [-0.39, 0.29) is 16.5 Å². The van der Waals surface area contributed by atoms with Crippen molar-refractivity contribution >= 4 is 57.3 Å². The SMILES string of the molecule is CC(=O)NNC(=O)c1c(NC(=O)c2cc(Cl)ccc2Cl)sc2c1CCCCC2. The fourth-order valence-corrected chi connectivity index (χ4v) is 4.78. The van der Waals surface area contributed by atoms with Gasteiger partial charge in [-0.1, -0.05) is 29.6 Å². The lowest BCUT2D eigenvalue weighted by Gasteiger charge is -2.11. The number of halogens is 2. The Labute approximate surface area is 176 Å². The molecule has 0 fully saturated rings. The first-order valence-electron chi connectivity index (χ1n) is 8.84. The summed E-state index contributed by atoms with van der Waals surface area (Å²) in [5, 5.41) is 3.90. The molecule has 0 spiro atoms. The van der Waals surface area contributed by atoms with Gasteiger partial charge in [0.15, 0.2) is 0 Å². The largest absolute Gasteiger partial charge is 0.313 e. The minimum Gasteiger partial charge on any atom is -0.313 e. The van der Waals surface area contributed by atoms with E-state index in [0.29, 0.717) is 15.6 Å². The number of thiophene rings is 1. The van der Waals surface area contributed by atoms with Gasteiger partial charge in [-0.05, 0) is 49.4 Å². The number of carbonyl (C=O) groups is 3. The molecule has 148 valence electrons. The van der Waals surface area contributed by atoms with Gasteiger partial charge in [0.25, 0.3) is 11.8 Å². The molecule has 0 aliphatic heterocycles. The van der Waals surface area contributed by atoms with Crippen LogP contribution < -0.4 is 16.2 Å². The highest BCUT2D eigenvalue weighted by Crippen LogP contribution is 2.38. The average Bonchev–Trinajstić information content (AvgIpc) is 2.82. The molecule has 1 aliphatic carbocycles. The average molecular weight is 440 g/mol. The highest BCUT2D eigenvalue weighted by Gasteiger charge is 2.26. The van der Waals surface area contributed by atoms with Gasteiger partial charge in [-0.15, -0.1) is 11.3 Å². The van der Waals surface area contributed by atoms with E-state index in [1.54, 1.807) is 12.1 Å². The van der Waals surface area contributed by atoms with Gasteiger partial charge >= 0.3 is 0 Å². The first-order chi connectivity index (χ1) is 13.4. The molecule has 6 nitrogen and oxygen atoms in total. The molecular formula is C19H19Cl2N3O3S. The number of hydrogen-bond donors (Lipinski definition) is 3. The van der Waals surface area contributed by atoms with Crippen LogP contribution in [0, 0.1) is 0 Å². The Kier molecular flexibility index (Phi) is 6.59. The summed E-state index contributed by atoms with van der Waals surface area (Å²) in [5.74, 6) is -1.29. The molecule has 2 aromatic rings. The fourth-order valence-electron chi connectivity index (χ4n) is 3.12. The normalized spacial score (nSPS) is 13.2. The summed E-state index contributed by atoms with van der Waals surface area (Å²) in [4.78, 5) is 37.7. The van der Waals surface area contributed by atoms with Gasteiger partial charge in [0.1, 0.15) is 5.00 Å². The van der Waals surface area contributed by atoms with Crippen molar-refractivity contribution in [2.24, 2.45) is 0 Å². The molecule has 1 aliphatic rings. The topological polar surface area (TPSA) is 87.3 Å². The molecule has 1 aromatic heterocycles. The van der Waals surface area contributed by atoms with Crippen LogP contribution in [0.5, 0.6) is 0 Å². The summed E-state index contributed by atoms with van der Waals surface area (Å²) in [5.41, 5.74) is 6.25. The summed E-state index contributed by atoms with van der Waals surface area (Å²) in [6, 6.07) is 4.63. The number of hydrazine groups is 1. The molecule has 0 unspecified atom stereocenters. The molecule has 3 N–H and O–H groups in total. The minimum atomic E-state index is -0.456. The van der Waals surface area contributed by atoms with Crippen molar-refractivity contribution in [2.45, 2.75) is 39.0 Å². The Morgan fingerprint density at radius 1 is 1.00 bits per heavy atom. The van der Waals surface area contributed by atoms with Crippen molar-refractivity contribution in [2.75, 3.05) is 5.32 Å². The lowest BCUT2D eigenvalue weighted by molar-refractivity contribution is -0.119. The zero-order valence-electron chi connectivity index (χ0n) is 15.2. The molecule has 0 radical (unpaired) electrons. The molecule has 1 heterocycles. The van der Waals surface area contributed by atoms with E-state index in [9.17, 15) is 14.4 Å². The van der Waals surface area contributed by atoms with Crippen molar-refractivity contribution in [1.29, 1.82) is 0 Å². The van der Waals surface area contributed by atoms with Crippen molar-refractivity contribution in [3.05, 3.63) is 49.8 Å². The molecule has 0 saturated heterocycles.